The van der Waals surface area contributed by atoms with Gasteiger partial charge in [0.1, 0.15) is 5.82 Å². The van der Waals surface area contributed by atoms with Gasteiger partial charge in [0.15, 0.2) is 0 Å². The molecule has 0 spiro atoms. The van der Waals surface area contributed by atoms with Crippen molar-refractivity contribution in [3.63, 3.8) is 0 Å². The molecule has 0 heterocycles. The molecule has 0 radical (unpaired) electrons. The molecule has 3 nitrogen and oxygen atoms in total. The molecule has 0 aliphatic rings. The molecule has 1 aromatic rings. The maximum Gasteiger partial charge on any atom is 0.227 e. The Labute approximate surface area is 68.9 Å². The maximum atomic E-state index is 12.4. The highest BCUT2D eigenvalue weighted by molar-refractivity contribution is 5.79. The van der Waals surface area contributed by atoms with Crippen LogP contribution in [-0.2, 0) is 4.79 Å². The molecule has 0 unspecified atom stereocenters. The third-order valence-electron chi connectivity index (χ3n) is 1.21. The van der Waals surface area contributed by atoms with Gasteiger partial charge in [0.05, 0.1) is 6.21 Å². The van der Waals surface area contributed by atoms with Crippen LogP contribution in [0.1, 0.15) is 5.56 Å². The van der Waals surface area contributed by atoms with Crippen molar-refractivity contribution in [2.24, 2.45) is 5.10 Å². The number of nitrogens with zero attached hydrogens (tertiary/aromatic N) is 1. The van der Waals surface area contributed by atoms with Gasteiger partial charge in [0.2, 0.25) is 6.41 Å². The summed E-state index contributed by atoms with van der Waals surface area (Å²) >= 11 is 0. The van der Waals surface area contributed by atoms with E-state index in [2.05, 4.69) is 10.5 Å². The Bertz CT molecular complexity index is 282. The van der Waals surface area contributed by atoms with E-state index < -0.39 is 0 Å². The average Bonchev–Trinajstić information content (AvgIpc) is 2.09. The van der Waals surface area contributed by atoms with E-state index in [0.29, 0.717) is 6.41 Å². The van der Waals surface area contributed by atoms with Crippen LogP contribution >= 0.6 is 0 Å². The van der Waals surface area contributed by atoms with Gasteiger partial charge in [-0.05, 0) is 17.7 Å². The van der Waals surface area contributed by atoms with Crippen molar-refractivity contribution in [1.29, 1.82) is 0 Å². The molecule has 0 saturated heterocycles. The normalized spacial score (nSPS) is 10.1. The zero-order valence-electron chi connectivity index (χ0n) is 6.20. The third kappa shape index (κ3) is 2.49. The second-order valence-electron chi connectivity index (χ2n) is 2.06. The number of carbonyl (C=O) groups excluding carboxylic acids is 1. The summed E-state index contributed by atoms with van der Waals surface area (Å²) in [5, 5.41) is 3.52. The molecule has 62 valence electrons. The molecule has 1 rings (SSSR count). The van der Waals surface area contributed by atoms with Crippen LogP contribution < -0.4 is 5.43 Å². The summed E-state index contributed by atoms with van der Waals surface area (Å²) in [6, 6.07) is 5.77. The first-order chi connectivity index (χ1) is 5.83. The number of hydrogen-bond donors (Lipinski definition) is 1. The summed E-state index contributed by atoms with van der Waals surface area (Å²) in [4.78, 5) is 9.76. The molecule has 4 heteroatoms. The highest BCUT2D eigenvalue weighted by Gasteiger charge is 1.88. The number of nitrogens with one attached hydrogen (secondary N) is 1. The summed E-state index contributed by atoms with van der Waals surface area (Å²) in [6.07, 6.45) is 1.88. The lowest BCUT2D eigenvalue weighted by Crippen LogP contribution is -2.00. The number of rotatable bonds is 3. The van der Waals surface area contributed by atoms with Gasteiger partial charge >= 0.3 is 0 Å². The van der Waals surface area contributed by atoms with Crippen molar-refractivity contribution in [1.82, 2.24) is 5.43 Å². The van der Waals surface area contributed by atoms with Gasteiger partial charge in [0.25, 0.3) is 0 Å². The molecule has 0 bridgehead atoms. The van der Waals surface area contributed by atoms with Crippen LogP contribution in [0.5, 0.6) is 0 Å². The molecule has 1 N–H and O–H groups in total. The summed E-state index contributed by atoms with van der Waals surface area (Å²) in [7, 11) is 0. The molecule has 0 saturated carbocycles. The Morgan fingerprint density at radius 3 is 2.58 bits per heavy atom. The number of hydrazone groups is 1. The lowest BCUT2D eigenvalue weighted by molar-refractivity contribution is -0.109. The SMILES string of the molecule is O=CN/N=C/c1ccc(F)cc1. The second kappa shape index (κ2) is 4.23. The van der Waals surface area contributed by atoms with Gasteiger partial charge in [-0.1, -0.05) is 12.1 Å². The zero-order chi connectivity index (χ0) is 8.81. The van der Waals surface area contributed by atoms with Crippen LogP contribution in [0.25, 0.3) is 0 Å². The van der Waals surface area contributed by atoms with Crippen LogP contribution in [0.4, 0.5) is 4.39 Å². The number of hydrogen-bond acceptors (Lipinski definition) is 2. The Hall–Kier alpha value is -1.71. The second-order valence-corrected chi connectivity index (χ2v) is 2.06. The predicted octanol–water partition coefficient (Wildman–Crippen LogP) is 0.906. The summed E-state index contributed by atoms with van der Waals surface area (Å²) in [5.74, 6) is -0.296. The number of benzene rings is 1. The summed E-state index contributed by atoms with van der Waals surface area (Å²) in [5.41, 5.74) is 2.83. The van der Waals surface area contributed by atoms with E-state index in [-0.39, 0.29) is 5.82 Å². The summed E-state index contributed by atoms with van der Waals surface area (Å²) < 4.78 is 12.4. The number of halogens is 1. The molecule has 0 fully saturated rings. The van der Waals surface area contributed by atoms with Gasteiger partial charge in [-0.2, -0.15) is 5.10 Å². The maximum absolute atomic E-state index is 12.4. The molecular formula is C8H7FN2O. The molecule has 1 aromatic carbocycles. The number of amides is 1. The van der Waals surface area contributed by atoms with E-state index in [1.165, 1.54) is 18.3 Å². The molecule has 0 aliphatic carbocycles. The van der Waals surface area contributed by atoms with Crippen LogP contribution in [-0.4, -0.2) is 12.6 Å². The smallest absolute Gasteiger partial charge is 0.227 e. The van der Waals surface area contributed by atoms with E-state index >= 15 is 0 Å². The quantitative estimate of drug-likeness (QED) is 0.404. The topological polar surface area (TPSA) is 41.5 Å². The molecular weight excluding hydrogens is 159 g/mol. The lowest BCUT2D eigenvalue weighted by atomic mass is 10.2. The fourth-order valence-electron chi connectivity index (χ4n) is 0.691. The largest absolute Gasteiger partial charge is 0.277 e. The van der Waals surface area contributed by atoms with Gasteiger partial charge in [-0.25, -0.2) is 9.82 Å². The lowest BCUT2D eigenvalue weighted by Gasteiger charge is -1.90. The molecule has 0 aliphatic heterocycles. The molecule has 1 amide bonds. The highest BCUT2D eigenvalue weighted by atomic mass is 19.1. The Balaban J connectivity index is 2.64. The third-order valence-corrected chi connectivity index (χ3v) is 1.21. The Morgan fingerprint density at radius 2 is 2.00 bits per heavy atom. The van der Waals surface area contributed by atoms with Crippen molar-refractivity contribution in [2.75, 3.05) is 0 Å². The zero-order valence-corrected chi connectivity index (χ0v) is 6.20. The van der Waals surface area contributed by atoms with Gasteiger partial charge < -0.3 is 0 Å². The van der Waals surface area contributed by atoms with Crippen LogP contribution in [0.15, 0.2) is 29.4 Å². The first kappa shape index (κ1) is 8.39. The van der Waals surface area contributed by atoms with E-state index in [4.69, 9.17) is 0 Å². The Morgan fingerprint density at radius 1 is 1.33 bits per heavy atom. The predicted molar refractivity (Wildman–Crippen MR) is 43.2 cm³/mol. The van der Waals surface area contributed by atoms with Crippen molar-refractivity contribution < 1.29 is 9.18 Å². The standard InChI is InChI=1S/C8H7FN2O/c9-8-3-1-7(2-4-8)5-10-11-6-12/h1-6H,(H,11,12)/b10-5+. The van der Waals surface area contributed by atoms with Gasteiger partial charge in [-0.3, -0.25) is 4.79 Å². The minimum atomic E-state index is -0.296. The number of carbonyl (C=O) groups is 1. The minimum Gasteiger partial charge on any atom is -0.277 e. The van der Waals surface area contributed by atoms with Crippen molar-refractivity contribution >= 4 is 12.6 Å². The van der Waals surface area contributed by atoms with Crippen molar-refractivity contribution in [3.8, 4) is 0 Å². The first-order valence-electron chi connectivity index (χ1n) is 3.31. The minimum absolute atomic E-state index is 0.296. The van der Waals surface area contributed by atoms with Crippen LogP contribution in [0.2, 0.25) is 0 Å². The van der Waals surface area contributed by atoms with E-state index in [1.807, 2.05) is 0 Å². The van der Waals surface area contributed by atoms with Crippen molar-refractivity contribution in [3.05, 3.63) is 35.6 Å². The fraction of sp³-hybridized carbons (Fsp3) is 0. The fourth-order valence-corrected chi connectivity index (χ4v) is 0.691. The van der Waals surface area contributed by atoms with E-state index in [0.717, 1.165) is 5.56 Å². The van der Waals surface area contributed by atoms with Crippen LogP contribution in [0, 0.1) is 5.82 Å². The first-order valence-corrected chi connectivity index (χ1v) is 3.31. The van der Waals surface area contributed by atoms with E-state index in [1.54, 1.807) is 12.1 Å². The van der Waals surface area contributed by atoms with Gasteiger partial charge in [-0.15, -0.1) is 0 Å². The Kier molecular flexibility index (Phi) is 2.95. The average molecular weight is 166 g/mol. The molecule has 0 atom stereocenters. The highest BCUT2D eigenvalue weighted by Crippen LogP contribution is 1.99. The molecule has 0 aromatic heterocycles. The summed E-state index contributed by atoms with van der Waals surface area (Å²) in [6.45, 7) is 0. The van der Waals surface area contributed by atoms with Crippen molar-refractivity contribution in [2.45, 2.75) is 0 Å². The monoisotopic (exact) mass is 166 g/mol. The van der Waals surface area contributed by atoms with Crippen LogP contribution in [0.3, 0.4) is 0 Å². The molecule has 12 heavy (non-hydrogen) atoms. The van der Waals surface area contributed by atoms with Gasteiger partial charge in [0, 0.05) is 0 Å². The van der Waals surface area contributed by atoms with E-state index in [9.17, 15) is 9.18 Å².